The molecule has 0 radical (unpaired) electrons. The standard InChI is InChI=1S/C8H5Cl2N3S/c9-6-3-5(14)4-7(10)8(6)13-2-1-11-12-13/h1-4,14H. The summed E-state index contributed by atoms with van der Waals surface area (Å²) < 4.78 is 1.51. The fourth-order valence-electron chi connectivity index (χ4n) is 1.10. The normalized spacial score (nSPS) is 10.5. The minimum Gasteiger partial charge on any atom is -0.218 e. The number of aromatic nitrogens is 3. The van der Waals surface area contributed by atoms with Gasteiger partial charge in [-0.25, -0.2) is 4.68 Å². The second-order valence-electron chi connectivity index (χ2n) is 2.61. The average molecular weight is 246 g/mol. The minimum atomic E-state index is 0.494. The van der Waals surface area contributed by atoms with Gasteiger partial charge in [0.25, 0.3) is 0 Å². The van der Waals surface area contributed by atoms with E-state index in [0.717, 1.165) is 0 Å². The zero-order chi connectivity index (χ0) is 10.1. The summed E-state index contributed by atoms with van der Waals surface area (Å²) in [6.45, 7) is 0. The molecule has 1 heterocycles. The van der Waals surface area contributed by atoms with Crippen LogP contribution in [0.25, 0.3) is 5.69 Å². The second-order valence-corrected chi connectivity index (χ2v) is 3.94. The highest BCUT2D eigenvalue weighted by atomic mass is 35.5. The summed E-state index contributed by atoms with van der Waals surface area (Å²) in [4.78, 5) is 0.712. The molecule has 0 amide bonds. The van der Waals surface area contributed by atoms with Crippen LogP contribution in [0.15, 0.2) is 29.4 Å². The summed E-state index contributed by atoms with van der Waals surface area (Å²) in [5.74, 6) is 0. The van der Waals surface area contributed by atoms with Crippen molar-refractivity contribution in [1.29, 1.82) is 0 Å². The van der Waals surface area contributed by atoms with Crippen LogP contribution in [-0.4, -0.2) is 15.0 Å². The van der Waals surface area contributed by atoms with Gasteiger partial charge in [0.2, 0.25) is 0 Å². The van der Waals surface area contributed by atoms with Gasteiger partial charge in [0.1, 0.15) is 5.69 Å². The monoisotopic (exact) mass is 245 g/mol. The van der Waals surface area contributed by atoms with Crippen molar-refractivity contribution < 1.29 is 0 Å². The third-order valence-corrected chi connectivity index (χ3v) is 2.49. The van der Waals surface area contributed by atoms with E-state index in [1.165, 1.54) is 4.68 Å². The molecule has 0 aliphatic carbocycles. The molecular formula is C8H5Cl2N3S. The van der Waals surface area contributed by atoms with Crippen LogP contribution >= 0.6 is 35.8 Å². The topological polar surface area (TPSA) is 30.7 Å². The van der Waals surface area contributed by atoms with Gasteiger partial charge in [-0.2, -0.15) is 0 Å². The fraction of sp³-hybridized carbons (Fsp3) is 0. The lowest BCUT2D eigenvalue weighted by Crippen LogP contribution is -1.97. The van der Waals surface area contributed by atoms with E-state index >= 15 is 0 Å². The van der Waals surface area contributed by atoms with Crippen LogP contribution in [0.3, 0.4) is 0 Å². The maximum atomic E-state index is 6.00. The summed E-state index contributed by atoms with van der Waals surface area (Å²) in [5.41, 5.74) is 0.614. The summed E-state index contributed by atoms with van der Waals surface area (Å²) in [7, 11) is 0. The van der Waals surface area contributed by atoms with Crippen molar-refractivity contribution in [3.05, 3.63) is 34.6 Å². The van der Waals surface area contributed by atoms with Crippen molar-refractivity contribution in [2.75, 3.05) is 0 Å². The lowest BCUT2D eigenvalue weighted by atomic mass is 10.3. The Labute approximate surface area is 96.0 Å². The van der Waals surface area contributed by atoms with Gasteiger partial charge in [0, 0.05) is 4.90 Å². The molecule has 0 aliphatic heterocycles. The van der Waals surface area contributed by atoms with E-state index in [2.05, 4.69) is 22.9 Å². The molecule has 6 heteroatoms. The van der Waals surface area contributed by atoms with Crippen molar-refractivity contribution in [1.82, 2.24) is 15.0 Å². The fourth-order valence-corrected chi connectivity index (χ4v) is 2.17. The van der Waals surface area contributed by atoms with Crippen LogP contribution in [0, 0.1) is 0 Å². The first kappa shape index (κ1) is 9.83. The highest BCUT2D eigenvalue weighted by molar-refractivity contribution is 7.80. The van der Waals surface area contributed by atoms with E-state index in [-0.39, 0.29) is 0 Å². The Kier molecular flexibility index (Phi) is 2.67. The maximum Gasteiger partial charge on any atom is 0.104 e. The Hall–Kier alpha value is -0.710. The van der Waals surface area contributed by atoms with E-state index in [4.69, 9.17) is 23.2 Å². The highest BCUT2D eigenvalue weighted by Crippen LogP contribution is 2.30. The largest absolute Gasteiger partial charge is 0.218 e. The summed E-state index contributed by atoms with van der Waals surface area (Å²) in [5, 5.41) is 8.48. The molecule has 0 saturated heterocycles. The Morgan fingerprint density at radius 1 is 1.21 bits per heavy atom. The molecule has 1 aromatic heterocycles. The van der Waals surface area contributed by atoms with Gasteiger partial charge in [-0.05, 0) is 12.1 Å². The number of hydrogen-bond donors (Lipinski definition) is 1. The molecule has 0 bridgehead atoms. The van der Waals surface area contributed by atoms with Gasteiger partial charge in [0.05, 0.1) is 22.4 Å². The zero-order valence-electron chi connectivity index (χ0n) is 6.85. The Morgan fingerprint density at radius 3 is 2.36 bits per heavy atom. The number of hydrogen-bond acceptors (Lipinski definition) is 3. The number of halogens is 2. The molecular weight excluding hydrogens is 241 g/mol. The molecule has 72 valence electrons. The number of rotatable bonds is 1. The zero-order valence-corrected chi connectivity index (χ0v) is 9.26. The van der Waals surface area contributed by atoms with Crippen LogP contribution in [0.4, 0.5) is 0 Å². The molecule has 0 spiro atoms. The third kappa shape index (κ3) is 1.73. The van der Waals surface area contributed by atoms with Crippen molar-refractivity contribution in [2.24, 2.45) is 0 Å². The Bertz CT molecular complexity index is 433. The van der Waals surface area contributed by atoms with Gasteiger partial charge in [-0.15, -0.1) is 17.7 Å². The summed E-state index contributed by atoms with van der Waals surface area (Å²) >= 11 is 16.2. The van der Waals surface area contributed by atoms with Crippen molar-refractivity contribution in [2.45, 2.75) is 4.90 Å². The van der Waals surface area contributed by atoms with Gasteiger partial charge >= 0.3 is 0 Å². The van der Waals surface area contributed by atoms with Gasteiger partial charge < -0.3 is 0 Å². The van der Waals surface area contributed by atoms with E-state index in [9.17, 15) is 0 Å². The number of benzene rings is 1. The lowest BCUT2D eigenvalue weighted by molar-refractivity contribution is 0.803. The molecule has 0 atom stereocenters. The van der Waals surface area contributed by atoms with Gasteiger partial charge in [-0.1, -0.05) is 28.4 Å². The quantitative estimate of drug-likeness (QED) is 0.784. The van der Waals surface area contributed by atoms with Crippen molar-refractivity contribution in [3.63, 3.8) is 0 Å². The van der Waals surface area contributed by atoms with Gasteiger partial charge in [-0.3, -0.25) is 0 Å². The van der Waals surface area contributed by atoms with Crippen molar-refractivity contribution in [3.8, 4) is 5.69 Å². The maximum absolute atomic E-state index is 6.00. The molecule has 0 fully saturated rings. The average Bonchev–Trinajstić information content (AvgIpc) is 2.54. The van der Waals surface area contributed by atoms with E-state index < -0.39 is 0 Å². The highest BCUT2D eigenvalue weighted by Gasteiger charge is 2.09. The third-order valence-electron chi connectivity index (χ3n) is 1.65. The van der Waals surface area contributed by atoms with Gasteiger partial charge in [0.15, 0.2) is 0 Å². The van der Waals surface area contributed by atoms with E-state index in [0.29, 0.717) is 20.6 Å². The molecule has 1 aromatic carbocycles. The summed E-state index contributed by atoms with van der Waals surface area (Å²) in [6, 6.07) is 3.40. The first-order valence-electron chi connectivity index (χ1n) is 3.73. The first-order chi connectivity index (χ1) is 6.68. The van der Waals surface area contributed by atoms with Crippen molar-refractivity contribution >= 4 is 35.8 Å². The SMILES string of the molecule is Sc1cc(Cl)c(-n2ccnn2)c(Cl)c1. The smallest absolute Gasteiger partial charge is 0.104 e. The summed E-state index contributed by atoms with van der Waals surface area (Å²) in [6.07, 6.45) is 3.23. The van der Waals surface area contributed by atoms with Crippen LogP contribution in [0.2, 0.25) is 10.0 Å². The molecule has 0 aliphatic rings. The van der Waals surface area contributed by atoms with E-state index in [1.807, 2.05) is 0 Å². The van der Waals surface area contributed by atoms with Crippen LogP contribution in [-0.2, 0) is 0 Å². The first-order valence-corrected chi connectivity index (χ1v) is 4.93. The molecule has 0 N–H and O–H groups in total. The molecule has 2 aromatic rings. The second kappa shape index (κ2) is 3.81. The van der Waals surface area contributed by atoms with Crippen LogP contribution in [0.1, 0.15) is 0 Å². The number of nitrogens with zero attached hydrogens (tertiary/aromatic N) is 3. The van der Waals surface area contributed by atoms with Crippen LogP contribution in [0.5, 0.6) is 0 Å². The Balaban J connectivity index is 2.64. The molecule has 3 nitrogen and oxygen atoms in total. The minimum absolute atomic E-state index is 0.494. The van der Waals surface area contributed by atoms with E-state index in [1.54, 1.807) is 24.5 Å². The molecule has 0 saturated carbocycles. The molecule has 0 unspecified atom stereocenters. The van der Waals surface area contributed by atoms with Crippen LogP contribution < -0.4 is 0 Å². The molecule has 2 rings (SSSR count). The predicted molar refractivity (Wildman–Crippen MR) is 58.6 cm³/mol. The lowest BCUT2D eigenvalue weighted by Gasteiger charge is -2.06. The molecule has 14 heavy (non-hydrogen) atoms. The number of thiol groups is 1. The Morgan fingerprint density at radius 2 is 1.86 bits per heavy atom. The predicted octanol–water partition coefficient (Wildman–Crippen LogP) is 2.86.